The third-order valence-corrected chi connectivity index (χ3v) is 4.30. The Morgan fingerprint density at radius 1 is 1.00 bits per heavy atom. The van der Waals surface area contributed by atoms with Crippen molar-refractivity contribution in [3.63, 3.8) is 0 Å². The van der Waals surface area contributed by atoms with Crippen molar-refractivity contribution in [1.82, 2.24) is 0 Å². The molecule has 26 heavy (non-hydrogen) atoms. The van der Waals surface area contributed by atoms with Crippen LogP contribution in [0.1, 0.15) is 17.3 Å². The van der Waals surface area contributed by atoms with E-state index < -0.39 is 5.97 Å². The molecule has 4 nitrogen and oxygen atoms in total. The fourth-order valence-electron chi connectivity index (χ4n) is 2.83. The molecule has 0 unspecified atom stereocenters. The summed E-state index contributed by atoms with van der Waals surface area (Å²) < 4.78 is 5.17. The second-order valence-corrected chi connectivity index (χ2v) is 6.16. The standard InChI is InChI=1S/C21H18ClNO3/c1-2-23(19-12-6-8-15-7-3-4-11-18(15)19)20(24)14-26-21(25)16-9-5-10-17(22)13-16/h3-13H,2,14H2,1H3. The second kappa shape index (κ2) is 8.02. The third-order valence-electron chi connectivity index (χ3n) is 4.06. The Hall–Kier alpha value is -2.85. The lowest BCUT2D eigenvalue weighted by molar-refractivity contribution is -0.121. The highest BCUT2D eigenvalue weighted by molar-refractivity contribution is 6.30. The molecule has 0 aliphatic heterocycles. The second-order valence-electron chi connectivity index (χ2n) is 5.72. The Morgan fingerprint density at radius 3 is 2.50 bits per heavy atom. The first-order valence-electron chi connectivity index (χ1n) is 8.31. The van der Waals surface area contributed by atoms with Gasteiger partial charge >= 0.3 is 5.97 Å². The molecule has 0 N–H and O–H groups in total. The molecule has 0 spiro atoms. The van der Waals surface area contributed by atoms with Crippen LogP contribution in [0.25, 0.3) is 10.8 Å². The van der Waals surface area contributed by atoms with Gasteiger partial charge in [0.2, 0.25) is 0 Å². The molecule has 3 aromatic carbocycles. The van der Waals surface area contributed by atoms with Crippen molar-refractivity contribution < 1.29 is 14.3 Å². The topological polar surface area (TPSA) is 46.6 Å². The highest BCUT2D eigenvalue weighted by Crippen LogP contribution is 2.26. The normalized spacial score (nSPS) is 10.5. The zero-order chi connectivity index (χ0) is 18.5. The number of carbonyl (C=O) groups excluding carboxylic acids is 2. The summed E-state index contributed by atoms with van der Waals surface area (Å²) in [6.45, 7) is 2.03. The van der Waals surface area contributed by atoms with Crippen LogP contribution in [0, 0.1) is 0 Å². The molecule has 0 aromatic heterocycles. The number of ether oxygens (including phenoxy) is 1. The first-order chi connectivity index (χ1) is 12.6. The van der Waals surface area contributed by atoms with Crippen molar-refractivity contribution in [2.45, 2.75) is 6.92 Å². The SMILES string of the molecule is CCN(C(=O)COC(=O)c1cccc(Cl)c1)c1cccc2ccccc12. The van der Waals surface area contributed by atoms with Crippen LogP contribution < -0.4 is 4.90 Å². The molecule has 0 saturated carbocycles. The van der Waals surface area contributed by atoms with Crippen LogP contribution in [-0.2, 0) is 9.53 Å². The molecule has 3 aromatic rings. The fourth-order valence-corrected chi connectivity index (χ4v) is 3.02. The average Bonchev–Trinajstić information content (AvgIpc) is 2.67. The van der Waals surface area contributed by atoms with Crippen LogP contribution >= 0.6 is 11.6 Å². The molecule has 0 heterocycles. The van der Waals surface area contributed by atoms with Crippen molar-refractivity contribution in [3.8, 4) is 0 Å². The van der Waals surface area contributed by atoms with Crippen molar-refractivity contribution >= 4 is 39.9 Å². The van der Waals surface area contributed by atoms with Crippen LogP contribution in [-0.4, -0.2) is 25.0 Å². The first kappa shape index (κ1) is 18.0. The number of amides is 1. The minimum absolute atomic E-state index is 0.278. The van der Waals surface area contributed by atoms with Gasteiger partial charge in [-0.3, -0.25) is 4.79 Å². The lowest BCUT2D eigenvalue weighted by atomic mass is 10.1. The highest BCUT2D eigenvalue weighted by Gasteiger charge is 2.18. The minimum atomic E-state index is -0.574. The predicted octanol–water partition coefficient (Wildman–Crippen LogP) is 4.70. The van der Waals surface area contributed by atoms with E-state index in [4.69, 9.17) is 16.3 Å². The van der Waals surface area contributed by atoms with E-state index in [1.54, 1.807) is 23.1 Å². The molecule has 1 amide bonds. The Bertz CT molecular complexity index is 949. The smallest absolute Gasteiger partial charge is 0.338 e. The summed E-state index contributed by atoms with van der Waals surface area (Å²) in [6, 6.07) is 20.1. The maximum absolute atomic E-state index is 12.6. The van der Waals surface area contributed by atoms with Crippen molar-refractivity contribution in [2.75, 3.05) is 18.1 Å². The number of halogens is 1. The first-order valence-corrected chi connectivity index (χ1v) is 8.68. The van der Waals surface area contributed by atoms with Gasteiger partial charge in [0.05, 0.1) is 11.3 Å². The Kier molecular flexibility index (Phi) is 5.54. The van der Waals surface area contributed by atoms with E-state index in [2.05, 4.69) is 0 Å². The maximum Gasteiger partial charge on any atom is 0.338 e. The fraction of sp³-hybridized carbons (Fsp3) is 0.143. The van der Waals surface area contributed by atoms with Gasteiger partial charge in [0, 0.05) is 17.0 Å². The van der Waals surface area contributed by atoms with Gasteiger partial charge in [-0.05, 0) is 36.6 Å². The monoisotopic (exact) mass is 367 g/mol. The van der Waals surface area contributed by atoms with Gasteiger partial charge in [0.15, 0.2) is 6.61 Å². The summed E-state index contributed by atoms with van der Waals surface area (Å²) in [7, 11) is 0. The number of fused-ring (bicyclic) bond motifs is 1. The summed E-state index contributed by atoms with van der Waals surface area (Å²) in [5.74, 6) is -0.853. The molecule has 0 fully saturated rings. The van der Waals surface area contributed by atoms with E-state index in [1.807, 2.05) is 49.4 Å². The van der Waals surface area contributed by atoms with Crippen LogP contribution in [0.5, 0.6) is 0 Å². The summed E-state index contributed by atoms with van der Waals surface area (Å²) >= 11 is 5.88. The molecule has 0 aliphatic rings. The Morgan fingerprint density at radius 2 is 1.73 bits per heavy atom. The van der Waals surface area contributed by atoms with Crippen molar-refractivity contribution in [1.29, 1.82) is 0 Å². The van der Waals surface area contributed by atoms with E-state index in [-0.39, 0.29) is 12.5 Å². The highest BCUT2D eigenvalue weighted by atomic mass is 35.5. The van der Waals surface area contributed by atoms with Gasteiger partial charge in [-0.15, -0.1) is 0 Å². The number of likely N-dealkylation sites (N-methyl/N-ethyl adjacent to an activating group) is 1. The van der Waals surface area contributed by atoms with Crippen LogP contribution in [0.3, 0.4) is 0 Å². The summed E-state index contributed by atoms with van der Waals surface area (Å²) in [5.41, 5.74) is 1.12. The number of hydrogen-bond donors (Lipinski definition) is 0. The number of esters is 1. The van der Waals surface area contributed by atoms with Crippen LogP contribution in [0.2, 0.25) is 5.02 Å². The molecule has 0 saturated heterocycles. The molecule has 5 heteroatoms. The Balaban J connectivity index is 1.76. The summed E-state index contributed by atoms with van der Waals surface area (Å²) in [4.78, 5) is 26.4. The van der Waals surface area contributed by atoms with E-state index in [1.165, 1.54) is 6.07 Å². The number of rotatable bonds is 5. The number of nitrogens with zero attached hydrogens (tertiary/aromatic N) is 1. The third kappa shape index (κ3) is 3.86. The molecule has 0 aliphatic carbocycles. The minimum Gasteiger partial charge on any atom is -0.452 e. The quantitative estimate of drug-likeness (QED) is 0.614. The van der Waals surface area contributed by atoms with Crippen LogP contribution in [0.4, 0.5) is 5.69 Å². The van der Waals surface area contributed by atoms with Gasteiger partial charge in [-0.1, -0.05) is 54.1 Å². The van der Waals surface area contributed by atoms with E-state index in [0.717, 1.165) is 16.5 Å². The van der Waals surface area contributed by atoms with Crippen molar-refractivity contribution in [2.24, 2.45) is 0 Å². The number of benzene rings is 3. The lowest BCUT2D eigenvalue weighted by Gasteiger charge is -2.22. The summed E-state index contributed by atoms with van der Waals surface area (Å²) in [6.07, 6.45) is 0. The van der Waals surface area contributed by atoms with E-state index >= 15 is 0 Å². The zero-order valence-electron chi connectivity index (χ0n) is 14.3. The van der Waals surface area contributed by atoms with Gasteiger partial charge in [-0.2, -0.15) is 0 Å². The van der Waals surface area contributed by atoms with Crippen molar-refractivity contribution in [3.05, 3.63) is 77.3 Å². The Labute approximate surface area is 156 Å². The molecule has 3 rings (SSSR count). The largest absolute Gasteiger partial charge is 0.452 e. The van der Waals surface area contributed by atoms with Gasteiger partial charge in [0.1, 0.15) is 0 Å². The number of hydrogen-bond acceptors (Lipinski definition) is 3. The number of anilines is 1. The summed E-state index contributed by atoms with van der Waals surface area (Å²) in [5, 5.41) is 2.47. The van der Waals surface area contributed by atoms with Gasteiger partial charge in [-0.25, -0.2) is 4.79 Å². The van der Waals surface area contributed by atoms with Crippen LogP contribution in [0.15, 0.2) is 66.7 Å². The lowest BCUT2D eigenvalue weighted by Crippen LogP contribution is -2.34. The van der Waals surface area contributed by atoms with Gasteiger partial charge < -0.3 is 9.64 Å². The van der Waals surface area contributed by atoms with E-state index in [9.17, 15) is 9.59 Å². The molecular formula is C21H18ClNO3. The predicted molar refractivity (Wildman–Crippen MR) is 104 cm³/mol. The van der Waals surface area contributed by atoms with Gasteiger partial charge in [0.25, 0.3) is 5.91 Å². The molecule has 0 radical (unpaired) electrons. The van der Waals surface area contributed by atoms with E-state index in [0.29, 0.717) is 17.1 Å². The molecule has 132 valence electrons. The average molecular weight is 368 g/mol. The zero-order valence-corrected chi connectivity index (χ0v) is 15.1. The molecule has 0 bridgehead atoms. The number of carbonyl (C=O) groups is 2. The molecular weight excluding hydrogens is 350 g/mol. The maximum atomic E-state index is 12.6. The molecule has 0 atom stereocenters.